The number of pyridine rings is 1. The van der Waals surface area contributed by atoms with E-state index >= 15 is 0 Å². The van der Waals surface area contributed by atoms with Gasteiger partial charge in [-0.2, -0.15) is 4.98 Å². The average molecular weight is 434 g/mol. The van der Waals surface area contributed by atoms with E-state index in [0.717, 1.165) is 0 Å². The molecule has 2 aliphatic heterocycles. The minimum absolute atomic E-state index is 0.157. The fourth-order valence-corrected chi connectivity index (χ4v) is 3.63. The Balaban J connectivity index is 1.54. The number of anilines is 2. The lowest BCUT2D eigenvalue weighted by Crippen LogP contribution is -2.40. The molecule has 0 saturated carbocycles. The van der Waals surface area contributed by atoms with Crippen LogP contribution in [0.4, 0.5) is 22.3 Å². The maximum absolute atomic E-state index is 12.0. The van der Waals surface area contributed by atoms with Crippen molar-refractivity contribution in [3.63, 3.8) is 0 Å². The van der Waals surface area contributed by atoms with E-state index in [2.05, 4.69) is 15.3 Å². The number of nitrogens with zero attached hydrogens (tertiary/aromatic N) is 5. The number of oxazole rings is 1. The van der Waals surface area contributed by atoms with Crippen LogP contribution in [0.15, 0.2) is 10.5 Å². The Bertz CT molecular complexity index is 980. The SMILES string of the molecule is CC(C)(C)OC(=O)N[C@H]1CCN(c2nc3nc(N4CCOCC4)oc3cc2[N+](=O)[O-])C1. The number of hydrogen-bond acceptors (Lipinski definition) is 10. The first kappa shape index (κ1) is 21.1. The number of morpholine rings is 1. The summed E-state index contributed by atoms with van der Waals surface area (Å²) in [5.74, 6) is 0.216. The van der Waals surface area contributed by atoms with Crippen LogP contribution in [0.1, 0.15) is 27.2 Å². The van der Waals surface area contributed by atoms with Crippen LogP contribution in [-0.4, -0.2) is 72.0 Å². The minimum Gasteiger partial charge on any atom is -0.444 e. The van der Waals surface area contributed by atoms with Gasteiger partial charge in [0, 0.05) is 26.2 Å². The number of hydrogen-bond donors (Lipinski definition) is 1. The standard InChI is InChI=1S/C19H26N6O6/c1-19(2,3)31-18(26)20-12-4-5-24(11-12)16-13(25(27)28)10-14-15(21-16)22-17(30-14)23-6-8-29-9-7-23/h10,12H,4-9,11H2,1-3H3,(H,20,26)/t12-/m0/s1. The highest BCUT2D eigenvalue weighted by Gasteiger charge is 2.32. The Labute approximate surface area is 178 Å². The predicted molar refractivity (Wildman–Crippen MR) is 111 cm³/mol. The summed E-state index contributed by atoms with van der Waals surface area (Å²) in [6.45, 7) is 8.66. The van der Waals surface area contributed by atoms with Crippen LogP contribution in [0, 0.1) is 10.1 Å². The highest BCUT2D eigenvalue weighted by molar-refractivity contribution is 5.79. The lowest BCUT2D eigenvalue weighted by atomic mass is 10.2. The van der Waals surface area contributed by atoms with Crippen LogP contribution in [0.3, 0.4) is 0 Å². The molecule has 0 bridgehead atoms. The molecule has 0 unspecified atom stereocenters. The van der Waals surface area contributed by atoms with Crippen LogP contribution in [-0.2, 0) is 9.47 Å². The number of alkyl carbamates (subject to hydrolysis) is 1. The van der Waals surface area contributed by atoms with Gasteiger partial charge >= 0.3 is 11.8 Å². The van der Waals surface area contributed by atoms with Gasteiger partial charge in [0.05, 0.1) is 30.2 Å². The third-order valence-electron chi connectivity index (χ3n) is 5.02. The lowest BCUT2D eigenvalue weighted by Gasteiger charge is -2.24. The summed E-state index contributed by atoms with van der Waals surface area (Å²) in [5, 5.41) is 14.5. The largest absolute Gasteiger partial charge is 0.444 e. The zero-order valence-corrected chi connectivity index (χ0v) is 17.8. The van der Waals surface area contributed by atoms with Gasteiger partial charge in [0.25, 0.3) is 6.01 Å². The Kier molecular flexibility index (Phi) is 5.56. The summed E-state index contributed by atoms with van der Waals surface area (Å²) in [6.07, 6.45) is 0.109. The number of aromatic nitrogens is 2. The van der Waals surface area contributed by atoms with E-state index < -0.39 is 16.6 Å². The monoisotopic (exact) mass is 434 g/mol. The van der Waals surface area contributed by atoms with Gasteiger partial charge in [-0.15, -0.1) is 0 Å². The molecular formula is C19H26N6O6. The second kappa shape index (κ2) is 8.17. The molecule has 31 heavy (non-hydrogen) atoms. The Morgan fingerprint density at radius 2 is 2.00 bits per heavy atom. The summed E-state index contributed by atoms with van der Waals surface area (Å²) >= 11 is 0. The molecule has 2 aromatic rings. The maximum atomic E-state index is 12.0. The number of carbonyl (C=O) groups excluding carboxylic acids is 1. The first-order chi connectivity index (χ1) is 14.7. The molecule has 0 aliphatic carbocycles. The van der Waals surface area contributed by atoms with Gasteiger partial charge in [0.2, 0.25) is 11.5 Å². The molecule has 2 fully saturated rings. The van der Waals surface area contributed by atoms with Crippen molar-refractivity contribution >= 4 is 34.8 Å². The van der Waals surface area contributed by atoms with Crippen molar-refractivity contribution in [2.75, 3.05) is 49.2 Å². The topological polar surface area (TPSA) is 136 Å². The summed E-state index contributed by atoms with van der Waals surface area (Å²) < 4.78 is 16.4. The second-order valence-corrected chi connectivity index (χ2v) is 8.58. The van der Waals surface area contributed by atoms with Crippen LogP contribution in [0.2, 0.25) is 0 Å². The highest BCUT2D eigenvalue weighted by atomic mass is 16.6. The Hall–Kier alpha value is -3.15. The fourth-order valence-electron chi connectivity index (χ4n) is 3.63. The van der Waals surface area contributed by atoms with Crippen molar-refractivity contribution in [3.8, 4) is 0 Å². The molecular weight excluding hydrogens is 408 g/mol. The minimum atomic E-state index is -0.598. The zero-order valence-electron chi connectivity index (χ0n) is 17.8. The van der Waals surface area contributed by atoms with Crippen molar-refractivity contribution in [2.24, 2.45) is 0 Å². The molecule has 12 nitrogen and oxygen atoms in total. The van der Waals surface area contributed by atoms with E-state index in [1.165, 1.54) is 6.07 Å². The number of ether oxygens (including phenoxy) is 2. The van der Waals surface area contributed by atoms with Crippen LogP contribution in [0.5, 0.6) is 0 Å². The van der Waals surface area contributed by atoms with Gasteiger partial charge in [0.15, 0.2) is 5.58 Å². The van der Waals surface area contributed by atoms with Gasteiger partial charge in [-0.05, 0) is 27.2 Å². The van der Waals surface area contributed by atoms with E-state index in [4.69, 9.17) is 13.9 Å². The molecule has 0 aromatic carbocycles. The quantitative estimate of drug-likeness (QED) is 0.562. The Morgan fingerprint density at radius 1 is 1.26 bits per heavy atom. The number of fused-ring (bicyclic) bond motifs is 1. The zero-order chi connectivity index (χ0) is 22.2. The third-order valence-corrected chi connectivity index (χ3v) is 5.02. The third kappa shape index (κ3) is 4.79. The summed E-state index contributed by atoms with van der Waals surface area (Å²) in [7, 11) is 0. The van der Waals surface area contributed by atoms with Crippen molar-refractivity contribution < 1.29 is 23.6 Å². The predicted octanol–water partition coefficient (Wildman–Crippen LogP) is 2.07. The molecule has 2 aromatic heterocycles. The first-order valence-corrected chi connectivity index (χ1v) is 10.2. The molecule has 0 spiro atoms. The number of carbonyl (C=O) groups is 1. The van der Waals surface area contributed by atoms with Crippen LogP contribution in [0.25, 0.3) is 11.2 Å². The molecule has 0 radical (unpaired) electrons. The van der Waals surface area contributed by atoms with Crippen LogP contribution >= 0.6 is 0 Å². The Morgan fingerprint density at radius 3 is 2.68 bits per heavy atom. The lowest BCUT2D eigenvalue weighted by molar-refractivity contribution is -0.384. The van der Waals surface area contributed by atoms with Crippen molar-refractivity contribution in [2.45, 2.75) is 38.8 Å². The van der Waals surface area contributed by atoms with Gasteiger partial charge in [-0.25, -0.2) is 9.78 Å². The highest BCUT2D eigenvalue weighted by Crippen LogP contribution is 2.33. The maximum Gasteiger partial charge on any atom is 0.407 e. The second-order valence-electron chi connectivity index (χ2n) is 8.58. The molecule has 4 rings (SSSR count). The summed E-state index contributed by atoms with van der Waals surface area (Å²) in [6, 6.07) is 1.54. The number of amides is 1. The normalized spacial score (nSPS) is 19.6. The van der Waals surface area contributed by atoms with E-state index in [9.17, 15) is 14.9 Å². The molecule has 168 valence electrons. The summed E-state index contributed by atoms with van der Waals surface area (Å²) in [5.41, 5.74) is -0.181. The van der Waals surface area contributed by atoms with Crippen molar-refractivity contribution in [1.82, 2.24) is 15.3 Å². The van der Waals surface area contributed by atoms with Crippen molar-refractivity contribution in [3.05, 3.63) is 16.2 Å². The van der Waals surface area contributed by atoms with Gasteiger partial charge < -0.3 is 29.0 Å². The van der Waals surface area contributed by atoms with E-state index in [1.807, 2.05) is 4.90 Å². The number of rotatable bonds is 4. The van der Waals surface area contributed by atoms with E-state index in [-0.39, 0.29) is 23.1 Å². The van der Waals surface area contributed by atoms with Crippen molar-refractivity contribution in [1.29, 1.82) is 0 Å². The molecule has 1 N–H and O–H groups in total. The van der Waals surface area contributed by atoms with Gasteiger partial charge in [-0.3, -0.25) is 10.1 Å². The summed E-state index contributed by atoms with van der Waals surface area (Å²) in [4.78, 5) is 35.9. The van der Waals surface area contributed by atoms with Gasteiger partial charge in [0.1, 0.15) is 5.60 Å². The number of nitrogens with one attached hydrogen (secondary N) is 1. The number of nitro groups is 1. The van der Waals surface area contributed by atoms with Gasteiger partial charge in [-0.1, -0.05) is 0 Å². The average Bonchev–Trinajstić information content (AvgIpc) is 3.32. The smallest absolute Gasteiger partial charge is 0.407 e. The molecule has 2 saturated heterocycles. The molecule has 4 heterocycles. The molecule has 1 amide bonds. The molecule has 2 aliphatic rings. The molecule has 12 heteroatoms. The van der Waals surface area contributed by atoms with E-state index in [0.29, 0.717) is 57.5 Å². The first-order valence-electron chi connectivity index (χ1n) is 10.2. The molecule has 1 atom stereocenters. The van der Waals surface area contributed by atoms with E-state index in [1.54, 1.807) is 25.7 Å². The van der Waals surface area contributed by atoms with Crippen LogP contribution < -0.4 is 15.1 Å². The fraction of sp³-hybridized carbons (Fsp3) is 0.632.